The molecule has 3 nitrogen and oxygen atoms in total. The number of rotatable bonds is 0. The van der Waals surface area contributed by atoms with Crippen molar-refractivity contribution in [2.24, 2.45) is 0 Å². The molecule has 3 heteroatoms. The number of hydrogen-bond donors (Lipinski definition) is 0. The van der Waals surface area contributed by atoms with Crippen molar-refractivity contribution in [1.29, 1.82) is 10.5 Å². The largest absolute Gasteiger partial charge is 0.492 e. The van der Waals surface area contributed by atoms with Crippen LogP contribution in [-0.4, -0.2) is 6.61 Å². The average molecular weight is 260 g/mol. The summed E-state index contributed by atoms with van der Waals surface area (Å²) < 4.78 is 5.88. The Morgan fingerprint density at radius 2 is 1.85 bits per heavy atom. The van der Waals surface area contributed by atoms with Gasteiger partial charge in [-0.3, -0.25) is 0 Å². The van der Waals surface area contributed by atoms with E-state index < -0.39 is 0 Å². The van der Waals surface area contributed by atoms with Gasteiger partial charge in [0.25, 0.3) is 0 Å². The Hall–Kier alpha value is -2.78. The first-order chi connectivity index (χ1) is 9.85. The second-order valence-electron chi connectivity index (χ2n) is 4.69. The summed E-state index contributed by atoms with van der Waals surface area (Å²) in [6, 6.07) is 16.0. The highest BCUT2D eigenvalue weighted by Gasteiger charge is 2.19. The van der Waals surface area contributed by atoms with Gasteiger partial charge in [-0.15, -0.1) is 0 Å². The van der Waals surface area contributed by atoms with Gasteiger partial charge in [0.15, 0.2) is 0 Å². The van der Waals surface area contributed by atoms with E-state index in [0.29, 0.717) is 13.0 Å². The third-order valence-electron chi connectivity index (χ3n) is 3.55. The van der Waals surface area contributed by atoms with Gasteiger partial charge in [-0.05, 0) is 23.8 Å². The van der Waals surface area contributed by atoms with Gasteiger partial charge >= 0.3 is 0 Å². The molecule has 0 saturated carbocycles. The van der Waals surface area contributed by atoms with Crippen molar-refractivity contribution in [3.63, 3.8) is 0 Å². The summed E-state index contributed by atoms with van der Waals surface area (Å²) in [7, 11) is 0. The van der Waals surface area contributed by atoms with Crippen LogP contribution < -0.4 is 4.74 Å². The molecule has 1 aliphatic rings. The lowest BCUT2D eigenvalue weighted by atomic mass is 9.94. The van der Waals surface area contributed by atoms with Gasteiger partial charge in [-0.1, -0.05) is 36.4 Å². The van der Waals surface area contributed by atoms with Gasteiger partial charge in [0.2, 0.25) is 0 Å². The molecule has 20 heavy (non-hydrogen) atoms. The summed E-state index contributed by atoms with van der Waals surface area (Å²) in [6.45, 7) is 0.606. The third kappa shape index (κ3) is 1.90. The van der Waals surface area contributed by atoms with Crippen LogP contribution in [0.25, 0.3) is 16.3 Å². The lowest BCUT2D eigenvalue weighted by molar-refractivity contribution is 0.321. The fraction of sp³-hybridized carbons (Fsp3) is 0.176. The molecule has 1 heterocycles. The van der Waals surface area contributed by atoms with Crippen LogP contribution in [0.2, 0.25) is 0 Å². The molecular weight excluding hydrogens is 248 g/mol. The van der Waals surface area contributed by atoms with E-state index >= 15 is 0 Å². The second-order valence-corrected chi connectivity index (χ2v) is 4.69. The molecule has 0 saturated heterocycles. The first-order valence-corrected chi connectivity index (χ1v) is 6.53. The van der Waals surface area contributed by atoms with Gasteiger partial charge in [-0.25, -0.2) is 0 Å². The minimum Gasteiger partial charge on any atom is -0.492 e. The summed E-state index contributed by atoms with van der Waals surface area (Å²) in [5.74, 6) is 0.790. The van der Waals surface area contributed by atoms with Crippen LogP contribution in [-0.2, 0) is 0 Å². The summed E-state index contributed by atoms with van der Waals surface area (Å²) in [5, 5.41) is 20.4. The molecule has 2 aromatic rings. The summed E-state index contributed by atoms with van der Waals surface area (Å²) in [5.41, 5.74) is 1.86. The SMILES string of the molecule is N#CC(C#N)=C1CCCOc2c1ccc1ccccc21. The molecule has 0 atom stereocenters. The molecule has 0 radical (unpaired) electrons. The highest BCUT2D eigenvalue weighted by atomic mass is 16.5. The number of nitrogens with zero attached hydrogens (tertiary/aromatic N) is 2. The molecule has 0 aliphatic carbocycles. The molecule has 0 spiro atoms. The molecular formula is C17H12N2O. The van der Waals surface area contributed by atoms with Crippen molar-refractivity contribution >= 4 is 16.3 Å². The fourth-order valence-corrected chi connectivity index (χ4v) is 2.61. The molecule has 0 unspecified atom stereocenters. The predicted octanol–water partition coefficient (Wildman–Crippen LogP) is 3.81. The quantitative estimate of drug-likeness (QED) is 0.677. The Morgan fingerprint density at radius 3 is 2.65 bits per heavy atom. The van der Waals surface area contributed by atoms with Crippen LogP contribution in [0.3, 0.4) is 0 Å². The maximum atomic E-state index is 9.14. The van der Waals surface area contributed by atoms with Crippen LogP contribution in [0, 0.1) is 22.7 Å². The second kappa shape index (κ2) is 5.07. The van der Waals surface area contributed by atoms with Crippen LogP contribution in [0.4, 0.5) is 0 Å². The number of allylic oxidation sites excluding steroid dienone is 2. The lowest BCUT2D eigenvalue weighted by Crippen LogP contribution is -1.95. The normalized spacial score (nSPS) is 13.6. The molecule has 0 bridgehead atoms. The van der Waals surface area contributed by atoms with Crippen molar-refractivity contribution in [3.05, 3.63) is 47.5 Å². The van der Waals surface area contributed by atoms with E-state index in [0.717, 1.165) is 34.1 Å². The Kier molecular flexibility index (Phi) is 3.11. The van der Waals surface area contributed by atoms with Crippen molar-refractivity contribution < 1.29 is 4.74 Å². The van der Waals surface area contributed by atoms with E-state index in [1.165, 1.54) is 0 Å². The summed E-state index contributed by atoms with van der Waals surface area (Å²) in [6.07, 6.45) is 1.51. The summed E-state index contributed by atoms with van der Waals surface area (Å²) in [4.78, 5) is 0. The van der Waals surface area contributed by atoms with Crippen LogP contribution in [0.1, 0.15) is 18.4 Å². The minimum atomic E-state index is 0.187. The lowest BCUT2D eigenvalue weighted by Gasteiger charge is -2.12. The van der Waals surface area contributed by atoms with Crippen molar-refractivity contribution in [2.75, 3.05) is 6.61 Å². The van der Waals surface area contributed by atoms with Crippen LogP contribution in [0.5, 0.6) is 5.75 Å². The number of ether oxygens (including phenoxy) is 1. The van der Waals surface area contributed by atoms with Gasteiger partial charge in [0.05, 0.1) is 6.61 Å². The van der Waals surface area contributed by atoms with Gasteiger partial charge in [0.1, 0.15) is 23.5 Å². The Bertz CT molecular complexity index is 775. The molecule has 1 aliphatic heterocycles. The van der Waals surface area contributed by atoms with Crippen LogP contribution >= 0.6 is 0 Å². The molecule has 2 aromatic carbocycles. The highest BCUT2D eigenvalue weighted by Crippen LogP contribution is 2.39. The molecule has 0 aromatic heterocycles. The minimum absolute atomic E-state index is 0.187. The van der Waals surface area contributed by atoms with Gasteiger partial charge < -0.3 is 4.74 Å². The maximum Gasteiger partial charge on any atom is 0.134 e. The zero-order chi connectivity index (χ0) is 13.9. The van der Waals surface area contributed by atoms with E-state index in [-0.39, 0.29) is 5.57 Å². The van der Waals surface area contributed by atoms with E-state index in [4.69, 9.17) is 15.3 Å². The molecule has 96 valence electrons. The zero-order valence-electron chi connectivity index (χ0n) is 10.9. The Labute approximate surface area is 117 Å². The van der Waals surface area contributed by atoms with Crippen molar-refractivity contribution in [3.8, 4) is 17.9 Å². The van der Waals surface area contributed by atoms with E-state index in [9.17, 15) is 0 Å². The number of fused-ring (bicyclic) bond motifs is 3. The standard InChI is InChI=1S/C17H12N2O/c18-10-13(11-19)14-6-3-9-20-17-15-5-2-1-4-12(15)7-8-16(14)17/h1-2,4-5,7-8H,3,6,9H2. The first-order valence-electron chi connectivity index (χ1n) is 6.53. The zero-order valence-corrected chi connectivity index (χ0v) is 10.9. The Balaban J connectivity index is 2.35. The molecule has 0 N–H and O–H groups in total. The number of benzene rings is 2. The summed E-state index contributed by atoms with van der Waals surface area (Å²) >= 11 is 0. The van der Waals surface area contributed by atoms with Crippen molar-refractivity contribution in [1.82, 2.24) is 0 Å². The van der Waals surface area contributed by atoms with E-state index in [1.54, 1.807) is 0 Å². The highest BCUT2D eigenvalue weighted by molar-refractivity contribution is 5.95. The van der Waals surface area contributed by atoms with Crippen LogP contribution in [0.15, 0.2) is 42.0 Å². The molecule has 0 fully saturated rings. The average Bonchev–Trinajstić information content (AvgIpc) is 2.72. The van der Waals surface area contributed by atoms with Gasteiger partial charge in [0, 0.05) is 10.9 Å². The van der Waals surface area contributed by atoms with E-state index in [1.807, 2.05) is 48.5 Å². The smallest absolute Gasteiger partial charge is 0.134 e. The van der Waals surface area contributed by atoms with E-state index in [2.05, 4.69) is 0 Å². The third-order valence-corrected chi connectivity index (χ3v) is 3.55. The molecule has 0 amide bonds. The number of nitriles is 2. The fourth-order valence-electron chi connectivity index (χ4n) is 2.61. The first kappa shape index (κ1) is 12.3. The van der Waals surface area contributed by atoms with Gasteiger partial charge in [-0.2, -0.15) is 10.5 Å². The Morgan fingerprint density at radius 1 is 1.05 bits per heavy atom. The topological polar surface area (TPSA) is 56.8 Å². The maximum absolute atomic E-state index is 9.14. The predicted molar refractivity (Wildman–Crippen MR) is 76.8 cm³/mol. The number of hydrogen-bond acceptors (Lipinski definition) is 3. The van der Waals surface area contributed by atoms with Crippen molar-refractivity contribution in [2.45, 2.75) is 12.8 Å². The monoisotopic (exact) mass is 260 g/mol. The molecule has 3 rings (SSSR count).